The van der Waals surface area contributed by atoms with Crippen LogP contribution >= 0.6 is 0 Å². The Kier molecular flexibility index (Phi) is 6.86. The fourth-order valence-corrected chi connectivity index (χ4v) is 6.64. The van der Waals surface area contributed by atoms with E-state index in [1.54, 1.807) is 0 Å². The number of rotatable bonds is 8. The molecule has 0 saturated heterocycles. The molecule has 2 aliphatic rings. The van der Waals surface area contributed by atoms with Crippen molar-refractivity contribution in [3.8, 4) is 11.5 Å². The summed E-state index contributed by atoms with van der Waals surface area (Å²) in [6.45, 7) is 7.21. The first kappa shape index (κ1) is 26.8. The van der Waals surface area contributed by atoms with Crippen molar-refractivity contribution in [3.05, 3.63) is 155 Å². The Balaban J connectivity index is 1.51. The highest BCUT2D eigenvalue weighted by Crippen LogP contribution is 2.58. The largest absolute Gasteiger partial charge is 0.456 e. The lowest BCUT2D eigenvalue weighted by Crippen LogP contribution is -2.33. The minimum absolute atomic E-state index is 0.323. The molecular weight excluding hydrogens is 532 g/mol. The number of hydrogen-bond acceptors (Lipinski definition) is 5. The number of carbonyl (C=O) groups excluding carboxylic acids is 1. The summed E-state index contributed by atoms with van der Waals surface area (Å²) in [4.78, 5) is 19.1. The van der Waals surface area contributed by atoms with E-state index in [2.05, 4.69) is 84.3 Å². The first-order chi connectivity index (χ1) is 21.1. The summed E-state index contributed by atoms with van der Waals surface area (Å²) < 4.78 is 13.0. The predicted octanol–water partition coefficient (Wildman–Crippen LogP) is 8.31. The maximum absolute atomic E-state index is 14.4. The minimum atomic E-state index is -1.11. The summed E-state index contributed by atoms with van der Waals surface area (Å²) in [5, 5.41) is 0. The molecule has 0 aliphatic carbocycles. The summed E-state index contributed by atoms with van der Waals surface area (Å²) in [5.41, 5.74) is 6.28. The Morgan fingerprint density at radius 2 is 1.09 bits per heavy atom. The zero-order chi connectivity index (χ0) is 29.4. The van der Waals surface area contributed by atoms with Crippen molar-refractivity contribution in [2.45, 2.75) is 32.5 Å². The number of esters is 1. The lowest BCUT2D eigenvalue weighted by Gasteiger charge is -2.37. The Morgan fingerprint density at radius 3 is 1.63 bits per heavy atom. The third-order valence-corrected chi connectivity index (χ3v) is 8.59. The molecule has 5 heteroatoms. The molecule has 2 heterocycles. The van der Waals surface area contributed by atoms with Crippen LogP contribution in [-0.4, -0.2) is 19.1 Å². The molecule has 5 aromatic rings. The highest BCUT2D eigenvalue weighted by Gasteiger charge is 2.55. The lowest BCUT2D eigenvalue weighted by molar-refractivity contribution is 0.0224. The van der Waals surface area contributed by atoms with Gasteiger partial charge in [0.05, 0.1) is 16.9 Å². The minimum Gasteiger partial charge on any atom is -0.456 e. The second-order valence-electron chi connectivity index (χ2n) is 11.0. The van der Waals surface area contributed by atoms with Gasteiger partial charge in [0.25, 0.3) is 0 Å². The SMILES string of the molecule is CCN(CC)c1ccc2c(c1N(Cc1ccccc1)Cc1ccccc1)C(=O)OC21c2ccccc2Oc2ccccc21. The van der Waals surface area contributed by atoms with Crippen LogP contribution in [0.5, 0.6) is 11.5 Å². The first-order valence-electron chi connectivity index (χ1n) is 15.0. The van der Waals surface area contributed by atoms with Crippen LogP contribution in [0.3, 0.4) is 0 Å². The zero-order valence-electron chi connectivity index (χ0n) is 24.5. The van der Waals surface area contributed by atoms with E-state index in [1.165, 1.54) is 11.1 Å². The molecule has 0 atom stereocenters. The third kappa shape index (κ3) is 4.43. The van der Waals surface area contributed by atoms with Crippen molar-refractivity contribution in [2.24, 2.45) is 0 Å². The van der Waals surface area contributed by atoms with Crippen molar-refractivity contribution in [3.63, 3.8) is 0 Å². The van der Waals surface area contributed by atoms with Crippen molar-refractivity contribution in [2.75, 3.05) is 22.9 Å². The molecule has 7 rings (SSSR count). The molecule has 1 spiro atoms. The lowest BCUT2D eigenvalue weighted by atomic mass is 9.77. The number of para-hydroxylation sites is 2. The van der Waals surface area contributed by atoms with Gasteiger partial charge in [0.1, 0.15) is 11.5 Å². The molecule has 214 valence electrons. The average Bonchev–Trinajstić information content (AvgIpc) is 3.35. The highest BCUT2D eigenvalue weighted by atomic mass is 16.6. The van der Waals surface area contributed by atoms with Crippen LogP contribution in [0.2, 0.25) is 0 Å². The second kappa shape index (κ2) is 11.0. The van der Waals surface area contributed by atoms with Crippen LogP contribution < -0.4 is 14.5 Å². The normalized spacial score (nSPS) is 13.9. The number of fused-ring (bicyclic) bond motifs is 6. The van der Waals surface area contributed by atoms with Crippen LogP contribution in [0.1, 0.15) is 52.0 Å². The van der Waals surface area contributed by atoms with E-state index in [-0.39, 0.29) is 5.97 Å². The molecule has 43 heavy (non-hydrogen) atoms. The quantitative estimate of drug-likeness (QED) is 0.177. The van der Waals surface area contributed by atoms with Gasteiger partial charge in [-0.1, -0.05) is 103 Å². The molecule has 5 nitrogen and oxygen atoms in total. The van der Waals surface area contributed by atoms with Crippen molar-refractivity contribution in [1.29, 1.82) is 0 Å². The maximum atomic E-state index is 14.4. The molecule has 5 aromatic carbocycles. The molecule has 0 amide bonds. The van der Waals surface area contributed by atoms with Crippen LogP contribution in [0, 0.1) is 0 Å². The molecule has 0 saturated carbocycles. The maximum Gasteiger partial charge on any atom is 0.342 e. The number of ether oxygens (including phenoxy) is 2. The van der Waals surface area contributed by atoms with Gasteiger partial charge < -0.3 is 19.3 Å². The fraction of sp³-hybridized carbons (Fsp3) is 0.184. The summed E-state index contributed by atoms with van der Waals surface area (Å²) in [7, 11) is 0. The molecule has 0 fully saturated rings. The van der Waals surface area contributed by atoms with Crippen LogP contribution in [0.4, 0.5) is 11.4 Å². The smallest absolute Gasteiger partial charge is 0.342 e. The number of carbonyl (C=O) groups is 1. The fourth-order valence-electron chi connectivity index (χ4n) is 6.64. The van der Waals surface area contributed by atoms with Gasteiger partial charge in [-0.25, -0.2) is 4.79 Å². The standard InChI is InChI=1S/C38H34N2O3/c1-3-39(4-2)32-24-23-31-35(36(32)40(25-27-15-7-5-8-16-27)26-28-17-9-6-10-18-28)37(41)43-38(31)29-19-11-13-21-33(29)42-34-22-14-12-20-30(34)38/h5-24H,3-4,25-26H2,1-2H3. The van der Waals surface area contributed by atoms with E-state index in [4.69, 9.17) is 9.47 Å². The zero-order valence-corrected chi connectivity index (χ0v) is 24.5. The summed E-state index contributed by atoms with van der Waals surface area (Å²) >= 11 is 0. The topological polar surface area (TPSA) is 42.0 Å². The Labute approximate surface area is 252 Å². The van der Waals surface area contributed by atoms with E-state index in [1.807, 2.05) is 60.7 Å². The van der Waals surface area contributed by atoms with Gasteiger partial charge in [-0.3, -0.25) is 0 Å². The van der Waals surface area contributed by atoms with E-state index in [0.29, 0.717) is 30.2 Å². The molecule has 2 aliphatic heterocycles. The van der Waals surface area contributed by atoms with E-state index in [9.17, 15) is 4.79 Å². The number of anilines is 2. The van der Waals surface area contributed by atoms with Crippen LogP contribution in [-0.2, 0) is 23.4 Å². The van der Waals surface area contributed by atoms with Gasteiger partial charge in [0.2, 0.25) is 0 Å². The summed E-state index contributed by atoms with van der Waals surface area (Å²) in [6, 6.07) is 40.9. The highest BCUT2D eigenvalue weighted by molar-refractivity contribution is 6.05. The van der Waals surface area contributed by atoms with Gasteiger partial charge in [-0.2, -0.15) is 0 Å². The van der Waals surface area contributed by atoms with Gasteiger partial charge in [-0.05, 0) is 43.2 Å². The third-order valence-electron chi connectivity index (χ3n) is 8.59. The van der Waals surface area contributed by atoms with Gasteiger partial charge in [-0.15, -0.1) is 0 Å². The Morgan fingerprint density at radius 1 is 0.581 bits per heavy atom. The average molecular weight is 567 g/mol. The Bertz CT molecular complexity index is 1690. The summed E-state index contributed by atoms with van der Waals surface area (Å²) in [5.74, 6) is 1.07. The van der Waals surface area contributed by atoms with Crippen molar-refractivity contribution in [1.82, 2.24) is 0 Å². The number of hydrogen-bond donors (Lipinski definition) is 0. The molecule has 0 bridgehead atoms. The number of nitrogens with zero attached hydrogens (tertiary/aromatic N) is 2. The monoisotopic (exact) mass is 566 g/mol. The van der Waals surface area contributed by atoms with Crippen LogP contribution in [0.25, 0.3) is 0 Å². The van der Waals surface area contributed by atoms with Gasteiger partial charge in [0.15, 0.2) is 5.60 Å². The molecule has 0 N–H and O–H groups in total. The van der Waals surface area contributed by atoms with Crippen molar-refractivity contribution >= 4 is 17.3 Å². The van der Waals surface area contributed by atoms with E-state index < -0.39 is 5.60 Å². The number of benzene rings is 5. The van der Waals surface area contributed by atoms with Crippen LogP contribution in [0.15, 0.2) is 121 Å². The molecular formula is C38H34N2O3. The predicted molar refractivity (Wildman–Crippen MR) is 171 cm³/mol. The molecule has 0 aromatic heterocycles. The van der Waals surface area contributed by atoms with Gasteiger partial charge in [0, 0.05) is 42.9 Å². The van der Waals surface area contributed by atoms with E-state index in [0.717, 1.165) is 41.2 Å². The first-order valence-corrected chi connectivity index (χ1v) is 15.0. The summed E-state index contributed by atoms with van der Waals surface area (Å²) in [6.07, 6.45) is 0. The van der Waals surface area contributed by atoms with E-state index >= 15 is 0 Å². The van der Waals surface area contributed by atoms with Gasteiger partial charge >= 0.3 is 5.97 Å². The van der Waals surface area contributed by atoms with Crippen molar-refractivity contribution < 1.29 is 14.3 Å². The Hall–Kier alpha value is -5.03. The second-order valence-corrected chi connectivity index (χ2v) is 11.0. The molecule has 0 radical (unpaired) electrons. The molecule has 0 unspecified atom stereocenters.